The van der Waals surface area contributed by atoms with Crippen LogP contribution in [0.4, 0.5) is 14.6 Å². The standard InChI is InChI=1S/C23H27F2N5.C2H6.CH2O/c1-4-16-11-19(24)23(18-13-22-27-26-21(5-2)29(22)15-18)20(12-16)30(28(3)25)14-17-9-7-6-8-10-17;2*1-2/h6-12,18H,4-5,13-15H2,1-3H3;1-2H3;1H2. The van der Waals surface area contributed by atoms with Gasteiger partial charge in [0.05, 0.1) is 12.2 Å². The molecule has 0 radical (unpaired) electrons. The third kappa shape index (κ3) is 5.86. The SMILES string of the molecule is C=O.CC.CCc1cc(F)c(C2Cc3nnc(CC)n3C2)c(N(Cc2ccccc2)N(C)F)c1. The maximum absolute atomic E-state index is 15.4. The van der Waals surface area contributed by atoms with Crippen molar-refractivity contribution in [2.24, 2.45) is 0 Å². The van der Waals surface area contributed by atoms with Gasteiger partial charge in [-0.15, -0.1) is 14.7 Å². The van der Waals surface area contributed by atoms with Crippen LogP contribution in [-0.4, -0.2) is 33.8 Å². The average Bonchev–Trinajstić information content (AvgIpc) is 3.45. The lowest BCUT2D eigenvalue weighted by molar-refractivity contribution is -0.0980. The van der Waals surface area contributed by atoms with Gasteiger partial charge in [0, 0.05) is 37.9 Å². The number of carbonyl (C=O) groups is 1. The molecule has 0 saturated carbocycles. The van der Waals surface area contributed by atoms with Gasteiger partial charge in [-0.3, -0.25) is 5.01 Å². The zero-order chi connectivity index (χ0) is 25.3. The van der Waals surface area contributed by atoms with Gasteiger partial charge in [-0.25, -0.2) is 4.39 Å². The Balaban J connectivity index is 0.000000970. The van der Waals surface area contributed by atoms with Crippen LogP contribution in [0.5, 0.6) is 0 Å². The lowest BCUT2D eigenvalue weighted by Crippen LogP contribution is -2.35. The summed E-state index contributed by atoms with van der Waals surface area (Å²) in [4.78, 5) is 8.00. The van der Waals surface area contributed by atoms with E-state index in [1.165, 1.54) is 12.1 Å². The van der Waals surface area contributed by atoms with Gasteiger partial charge >= 0.3 is 0 Å². The number of hydrogen-bond acceptors (Lipinski definition) is 5. The van der Waals surface area contributed by atoms with E-state index in [2.05, 4.69) is 14.8 Å². The minimum Gasteiger partial charge on any atom is -0.314 e. The van der Waals surface area contributed by atoms with E-state index in [1.807, 2.05) is 70.9 Å². The number of anilines is 1. The van der Waals surface area contributed by atoms with Crippen molar-refractivity contribution >= 4 is 12.5 Å². The lowest BCUT2D eigenvalue weighted by atomic mass is 9.93. The molecule has 0 saturated heterocycles. The van der Waals surface area contributed by atoms with E-state index in [-0.39, 0.29) is 11.7 Å². The first-order chi connectivity index (χ1) is 16.5. The number of aromatic nitrogens is 3. The van der Waals surface area contributed by atoms with Crippen LogP contribution in [0.15, 0.2) is 42.5 Å². The number of hydrazine groups is 1. The fourth-order valence-corrected chi connectivity index (χ4v) is 4.26. The first-order valence-corrected chi connectivity index (χ1v) is 11.7. The summed E-state index contributed by atoms with van der Waals surface area (Å²) in [6, 6.07) is 13.2. The van der Waals surface area contributed by atoms with E-state index in [1.54, 1.807) is 6.07 Å². The summed E-state index contributed by atoms with van der Waals surface area (Å²) in [7, 11) is 1.35. The fraction of sp³-hybridized carbons (Fsp3) is 0.423. The maximum atomic E-state index is 15.4. The molecule has 3 aromatic rings. The molecule has 184 valence electrons. The highest BCUT2D eigenvalue weighted by Gasteiger charge is 2.32. The zero-order valence-electron chi connectivity index (χ0n) is 20.8. The summed E-state index contributed by atoms with van der Waals surface area (Å²) < 4.78 is 32.2. The fourth-order valence-electron chi connectivity index (χ4n) is 4.26. The van der Waals surface area contributed by atoms with Crippen molar-refractivity contribution in [3.8, 4) is 0 Å². The van der Waals surface area contributed by atoms with E-state index >= 15 is 4.39 Å². The Morgan fingerprint density at radius 2 is 1.74 bits per heavy atom. The Hall–Kier alpha value is -3.13. The smallest absolute Gasteiger partial charge is 0.133 e. The summed E-state index contributed by atoms with van der Waals surface area (Å²) in [5.41, 5.74) is 2.91. The monoisotopic (exact) mass is 471 g/mol. The molecule has 0 amide bonds. The molecule has 1 atom stereocenters. The van der Waals surface area contributed by atoms with Crippen molar-refractivity contribution in [3.05, 3.63) is 76.6 Å². The zero-order valence-corrected chi connectivity index (χ0v) is 20.8. The third-order valence-electron chi connectivity index (χ3n) is 5.82. The van der Waals surface area contributed by atoms with E-state index in [0.29, 0.717) is 42.4 Å². The first-order valence-electron chi connectivity index (χ1n) is 11.7. The van der Waals surface area contributed by atoms with Gasteiger partial charge in [-0.2, -0.15) is 0 Å². The highest BCUT2D eigenvalue weighted by molar-refractivity contribution is 5.58. The van der Waals surface area contributed by atoms with Gasteiger partial charge in [0.2, 0.25) is 0 Å². The Kier molecular flexibility index (Phi) is 10.3. The number of rotatable bonds is 7. The molecule has 0 N–H and O–H groups in total. The van der Waals surface area contributed by atoms with Crippen LogP contribution in [0.25, 0.3) is 0 Å². The molecule has 6 nitrogen and oxygen atoms in total. The Labute approximate surface area is 201 Å². The molecule has 1 aromatic heterocycles. The van der Waals surface area contributed by atoms with E-state index < -0.39 is 0 Å². The second-order valence-electron chi connectivity index (χ2n) is 7.75. The second kappa shape index (κ2) is 12.9. The van der Waals surface area contributed by atoms with E-state index in [4.69, 9.17) is 4.79 Å². The van der Waals surface area contributed by atoms with Crippen LogP contribution in [0, 0.1) is 5.82 Å². The van der Waals surface area contributed by atoms with E-state index in [0.717, 1.165) is 29.2 Å². The highest BCUT2D eigenvalue weighted by atomic mass is 19.2. The molecular formula is C26H35F2N5O. The molecule has 1 aliphatic rings. The molecule has 2 aromatic carbocycles. The van der Waals surface area contributed by atoms with Gasteiger partial charge in [0.1, 0.15) is 24.3 Å². The average molecular weight is 472 g/mol. The van der Waals surface area contributed by atoms with Crippen LogP contribution in [0.2, 0.25) is 0 Å². The predicted molar refractivity (Wildman–Crippen MR) is 132 cm³/mol. The molecule has 0 bridgehead atoms. The van der Waals surface area contributed by atoms with Crippen LogP contribution in [-0.2, 0) is 37.1 Å². The highest BCUT2D eigenvalue weighted by Crippen LogP contribution is 2.39. The number of aryl methyl sites for hydroxylation is 2. The van der Waals surface area contributed by atoms with Crippen molar-refractivity contribution < 1.29 is 13.7 Å². The third-order valence-corrected chi connectivity index (χ3v) is 5.82. The number of carbonyl (C=O) groups excluding carboxylic acids is 1. The lowest BCUT2D eigenvalue weighted by Gasteiger charge is -2.31. The molecule has 8 heteroatoms. The van der Waals surface area contributed by atoms with Crippen molar-refractivity contribution in [3.63, 3.8) is 0 Å². The molecule has 0 spiro atoms. The summed E-state index contributed by atoms with van der Waals surface area (Å²) in [5, 5.41) is 10.6. The molecular weight excluding hydrogens is 436 g/mol. The van der Waals surface area contributed by atoms with Crippen LogP contribution >= 0.6 is 0 Å². The number of fused-ring (bicyclic) bond motifs is 1. The first kappa shape index (κ1) is 27.1. The van der Waals surface area contributed by atoms with Gasteiger partial charge in [0.15, 0.2) is 0 Å². The van der Waals surface area contributed by atoms with Crippen LogP contribution in [0.1, 0.15) is 62.0 Å². The maximum Gasteiger partial charge on any atom is 0.133 e. The molecule has 34 heavy (non-hydrogen) atoms. The molecule has 0 fully saturated rings. The summed E-state index contributed by atoms with van der Waals surface area (Å²) in [6.07, 6.45) is 2.05. The van der Waals surface area contributed by atoms with Gasteiger partial charge in [-0.1, -0.05) is 63.3 Å². The Morgan fingerprint density at radius 1 is 1.06 bits per heavy atom. The molecule has 1 aliphatic heterocycles. The number of nitrogens with zero attached hydrogens (tertiary/aromatic N) is 5. The number of halogens is 2. The van der Waals surface area contributed by atoms with Crippen LogP contribution in [0.3, 0.4) is 0 Å². The number of hydrogen-bond donors (Lipinski definition) is 0. The van der Waals surface area contributed by atoms with Crippen molar-refractivity contribution in [1.82, 2.24) is 20.0 Å². The summed E-state index contributed by atoms with van der Waals surface area (Å²) in [5.74, 6) is 1.37. The predicted octanol–water partition coefficient (Wildman–Crippen LogP) is 5.46. The summed E-state index contributed by atoms with van der Waals surface area (Å²) in [6.45, 7) is 10.9. The van der Waals surface area contributed by atoms with Crippen molar-refractivity contribution in [2.75, 3.05) is 12.1 Å². The Bertz CT molecular complexity index is 1040. The Morgan fingerprint density at radius 3 is 2.32 bits per heavy atom. The van der Waals surface area contributed by atoms with Gasteiger partial charge < -0.3 is 9.36 Å². The second-order valence-corrected chi connectivity index (χ2v) is 7.75. The molecule has 2 heterocycles. The van der Waals surface area contributed by atoms with Crippen LogP contribution < -0.4 is 5.01 Å². The van der Waals surface area contributed by atoms with Crippen molar-refractivity contribution in [1.29, 1.82) is 0 Å². The minimum atomic E-state index is -0.286. The van der Waals surface area contributed by atoms with E-state index in [9.17, 15) is 4.48 Å². The largest absolute Gasteiger partial charge is 0.314 e. The minimum absolute atomic E-state index is 0.111. The molecule has 0 aliphatic carbocycles. The van der Waals surface area contributed by atoms with Gasteiger partial charge in [0.25, 0.3) is 0 Å². The summed E-state index contributed by atoms with van der Waals surface area (Å²) >= 11 is 0. The normalized spacial score (nSPS) is 14.1. The van der Waals surface area contributed by atoms with Gasteiger partial charge in [-0.05, 0) is 29.7 Å². The topological polar surface area (TPSA) is 54.3 Å². The molecule has 4 rings (SSSR count). The quantitative estimate of drug-likeness (QED) is 0.338. The number of benzene rings is 2. The van der Waals surface area contributed by atoms with Crippen molar-refractivity contribution in [2.45, 2.75) is 66.0 Å². The molecule has 1 unspecified atom stereocenters.